The van der Waals surface area contributed by atoms with Crippen molar-refractivity contribution in [1.29, 1.82) is 0 Å². The Morgan fingerprint density at radius 2 is 1.80 bits per heavy atom. The second-order valence-electron chi connectivity index (χ2n) is 7.76. The minimum atomic E-state index is 0.521. The molecule has 1 heterocycles. The lowest BCUT2D eigenvalue weighted by molar-refractivity contribution is 0.109. The fourth-order valence-corrected chi connectivity index (χ4v) is 4.10. The fourth-order valence-electron chi connectivity index (χ4n) is 4.10. The highest BCUT2D eigenvalue weighted by Crippen LogP contribution is 2.28. The first-order valence-corrected chi connectivity index (χ1v) is 10.7. The third-order valence-electron chi connectivity index (χ3n) is 5.89. The summed E-state index contributed by atoms with van der Waals surface area (Å²) in [7, 11) is 0. The van der Waals surface area contributed by atoms with Crippen molar-refractivity contribution < 1.29 is 0 Å². The van der Waals surface area contributed by atoms with Crippen molar-refractivity contribution in [2.24, 2.45) is 10.9 Å². The molecule has 1 saturated heterocycles. The molecule has 25 heavy (non-hydrogen) atoms. The first kappa shape index (κ1) is 20.5. The molecule has 1 aliphatic heterocycles. The van der Waals surface area contributed by atoms with Crippen LogP contribution in [0.4, 0.5) is 0 Å². The van der Waals surface area contributed by atoms with E-state index in [1.165, 1.54) is 71.2 Å². The second-order valence-corrected chi connectivity index (χ2v) is 7.76. The average molecular weight is 352 g/mol. The van der Waals surface area contributed by atoms with Crippen LogP contribution in [0.2, 0.25) is 0 Å². The summed E-state index contributed by atoms with van der Waals surface area (Å²) in [6, 6.07) is 0.521. The number of hydrogen-bond acceptors (Lipinski definition) is 3. The van der Waals surface area contributed by atoms with Gasteiger partial charge < -0.3 is 15.5 Å². The normalized spacial score (nSPS) is 22.3. The summed E-state index contributed by atoms with van der Waals surface area (Å²) >= 11 is 0. The largest absolute Gasteiger partial charge is 0.357 e. The third kappa shape index (κ3) is 7.53. The van der Waals surface area contributed by atoms with Crippen molar-refractivity contribution in [3.63, 3.8) is 0 Å². The quantitative estimate of drug-likeness (QED) is 0.381. The zero-order valence-corrected chi connectivity index (χ0v) is 16.9. The molecule has 0 spiro atoms. The van der Waals surface area contributed by atoms with Crippen LogP contribution in [0.25, 0.3) is 0 Å². The predicted molar refractivity (Wildman–Crippen MR) is 108 cm³/mol. The van der Waals surface area contributed by atoms with Crippen molar-refractivity contribution in [3.05, 3.63) is 0 Å². The molecule has 2 aliphatic rings. The molecule has 0 aromatic rings. The Balaban J connectivity index is 1.66. The summed E-state index contributed by atoms with van der Waals surface area (Å²) in [5.41, 5.74) is 0. The van der Waals surface area contributed by atoms with Crippen LogP contribution >= 0.6 is 0 Å². The van der Waals surface area contributed by atoms with Gasteiger partial charge in [-0.3, -0.25) is 9.89 Å². The molecule has 146 valence electrons. The molecule has 0 aromatic carbocycles. The van der Waals surface area contributed by atoms with Crippen molar-refractivity contribution in [2.75, 3.05) is 52.4 Å². The van der Waals surface area contributed by atoms with Crippen molar-refractivity contribution in [2.45, 2.75) is 65.3 Å². The van der Waals surface area contributed by atoms with Crippen LogP contribution in [-0.2, 0) is 0 Å². The Bertz CT molecular complexity index is 370. The molecule has 5 heteroatoms. The van der Waals surface area contributed by atoms with E-state index in [9.17, 15) is 0 Å². The van der Waals surface area contributed by atoms with Crippen LogP contribution in [-0.4, -0.2) is 74.2 Å². The van der Waals surface area contributed by atoms with Crippen LogP contribution in [0.5, 0.6) is 0 Å². The number of nitrogens with one attached hydrogen (secondary N) is 2. The standard InChI is InChI=1S/C20H41N5/c1-4-21-20(22-12-8-11-19-9-6-7-10-19)23-17-18(3)25-15-13-24(5-2)14-16-25/h18-19H,4-17H2,1-3H3,(H2,21,22,23). The summed E-state index contributed by atoms with van der Waals surface area (Å²) in [6.07, 6.45) is 8.46. The van der Waals surface area contributed by atoms with E-state index in [1.807, 2.05) is 0 Å². The van der Waals surface area contributed by atoms with Crippen LogP contribution in [0.15, 0.2) is 4.99 Å². The Morgan fingerprint density at radius 1 is 1.08 bits per heavy atom. The number of aliphatic imine (C=N–C) groups is 1. The molecular weight excluding hydrogens is 310 g/mol. The minimum absolute atomic E-state index is 0.521. The smallest absolute Gasteiger partial charge is 0.191 e. The van der Waals surface area contributed by atoms with Crippen LogP contribution in [0.1, 0.15) is 59.3 Å². The fraction of sp³-hybridized carbons (Fsp3) is 0.950. The molecule has 1 unspecified atom stereocenters. The van der Waals surface area contributed by atoms with Gasteiger partial charge in [0.25, 0.3) is 0 Å². The maximum Gasteiger partial charge on any atom is 0.191 e. The van der Waals surface area contributed by atoms with E-state index >= 15 is 0 Å². The first-order chi connectivity index (χ1) is 12.2. The Kier molecular flexibility index (Phi) is 9.63. The molecule has 1 saturated carbocycles. The molecule has 2 N–H and O–H groups in total. The Morgan fingerprint density at radius 3 is 2.44 bits per heavy atom. The predicted octanol–water partition coefficient (Wildman–Crippen LogP) is 2.54. The molecule has 0 aromatic heterocycles. The molecule has 2 rings (SSSR count). The van der Waals surface area contributed by atoms with Gasteiger partial charge in [0.05, 0.1) is 6.54 Å². The van der Waals surface area contributed by atoms with Gasteiger partial charge in [0.2, 0.25) is 0 Å². The first-order valence-electron chi connectivity index (χ1n) is 10.7. The minimum Gasteiger partial charge on any atom is -0.357 e. The molecule has 0 amide bonds. The third-order valence-corrected chi connectivity index (χ3v) is 5.89. The van der Waals surface area contributed by atoms with E-state index in [1.54, 1.807) is 0 Å². The maximum absolute atomic E-state index is 4.84. The number of guanidine groups is 1. The molecule has 1 aliphatic carbocycles. The SMILES string of the molecule is CCNC(=NCC(C)N1CCN(CC)CC1)NCCCC1CCCC1. The van der Waals surface area contributed by atoms with E-state index in [0.29, 0.717) is 6.04 Å². The highest BCUT2D eigenvalue weighted by Gasteiger charge is 2.20. The average Bonchev–Trinajstić information content (AvgIpc) is 3.16. The maximum atomic E-state index is 4.84. The van der Waals surface area contributed by atoms with Gasteiger partial charge in [-0.15, -0.1) is 0 Å². The Hall–Kier alpha value is -0.810. The van der Waals surface area contributed by atoms with E-state index in [4.69, 9.17) is 4.99 Å². The van der Waals surface area contributed by atoms with Crippen LogP contribution < -0.4 is 10.6 Å². The highest BCUT2D eigenvalue weighted by molar-refractivity contribution is 5.79. The van der Waals surface area contributed by atoms with Gasteiger partial charge in [0.1, 0.15) is 0 Å². The summed E-state index contributed by atoms with van der Waals surface area (Å²) in [4.78, 5) is 9.95. The van der Waals surface area contributed by atoms with Gasteiger partial charge in [0.15, 0.2) is 5.96 Å². The summed E-state index contributed by atoms with van der Waals surface area (Å²) in [5, 5.41) is 6.93. The second kappa shape index (κ2) is 11.7. The van der Waals surface area contributed by atoms with E-state index in [-0.39, 0.29) is 0 Å². The summed E-state index contributed by atoms with van der Waals surface area (Å²) < 4.78 is 0. The topological polar surface area (TPSA) is 42.9 Å². The summed E-state index contributed by atoms with van der Waals surface area (Å²) in [6.45, 7) is 15.5. The lowest BCUT2D eigenvalue weighted by atomic mass is 10.0. The van der Waals surface area contributed by atoms with Crippen LogP contribution in [0.3, 0.4) is 0 Å². The number of hydrogen-bond donors (Lipinski definition) is 2. The van der Waals surface area contributed by atoms with Crippen molar-refractivity contribution in [3.8, 4) is 0 Å². The number of nitrogens with zero attached hydrogens (tertiary/aromatic N) is 3. The molecule has 1 atom stereocenters. The van der Waals surface area contributed by atoms with Gasteiger partial charge in [-0.2, -0.15) is 0 Å². The lowest BCUT2D eigenvalue weighted by Crippen LogP contribution is -2.50. The van der Waals surface area contributed by atoms with E-state index in [0.717, 1.165) is 31.5 Å². The molecule has 5 nitrogen and oxygen atoms in total. The number of rotatable bonds is 9. The van der Waals surface area contributed by atoms with Crippen molar-refractivity contribution in [1.82, 2.24) is 20.4 Å². The van der Waals surface area contributed by atoms with Crippen LogP contribution in [0, 0.1) is 5.92 Å². The van der Waals surface area contributed by atoms with E-state index in [2.05, 4.69) is 41.2 Å². The highest BCUT2D eigenvalue weighted by atomic mass is 15.3. The zero-order valence-electron chi connectivity index (χ0n) is 16.9. The van der Waals surface area contributed by atoms with Gasteiger partial charge in [-0.25, -0.2) is 0 Å². The van der Waals surface area contributed by atoms with Gasteiger partial charge in [-0.05, 0) is 39.2 Å². The number of piperazine rings is 1. The molecule has 0 bridgehead atoms. The van der Waals surface area contributed by atoms with Gasteiger partial charge >= 0.3 is 0 Å². The molecule has 0 radical (unpaired) electrons. The summed E-state index contributed by atoms with van der Waals surface area (Å²) in [5.74, 6) is 1.98. The lowest BCUT2D eigenvalue weighted by Gasteiger charge is -2.37. The van der Waals surface area contributed by atoms with Gasteiger partial charge in [-0.1, -0.05) is 32.6 Å². The zero-order chi connectivity index (χ0) is 17.9. The number of likely N-dealkylation sites (N-methyl/N-ethyl adjacent to an activating group) is 1. The molecular formula is C20H41N5. The van der Waals surface area contributed by atoms with Crippen molar-refractivity contribution >= 4 is 5.96 Å². The van der Waals surface area contributed by atoms with E-state index < -0.39 is 0 Å². The van der Waals surface area contributed by atoms with Gasteiger partial charge in [0, 0.05) is 45.3 Å². The Labute approximate surface area is 155 Å². The molecule has 2 fully saturated rings. The monoisotopic (exact) mass is 351 g/mol.